The highest BCUT2D eigenvalue weighted by molar-refractivity contribution is 6.31. The van der Waals surface area contributed by atoms with Crippen molar-refractivity contribution in [2.24, 2.45) is 0 Å². The standard InChI is InChI=1S/C22H29ClN4O/c1-25(2)21-11-10-18(23)17-20(21)24-22(28)9-6-12-26-13-15-27(16-14-26)19-7-4-3-5-8-19/h3-5,7-8,10-11,17H,6,9,12-16H2,1-2H3,(H,24,28). The highest BCUT2D eigenvalue weighted by Gasteiger charge is 2.17. The minimum absolute atomic E-state index is 0.0355. The van der Waals surface area contributed by atoms with Gasteiger partial charge in [0.15, 0.2) is 0 Å². The van der Waals surface area contributed by atoms with E-state index in [4.69, 9.17) is 11.6 Å². The lowest BCUT2D eigenvalue weighted by atomic mass is 10.2. The van der Waals surface area contributed by atoms with Gasteiger partial charge in [0, 0.05) is 57.4 Å². The third-order valence-corrected chi connectivity index (χ3v) is 5.32. The van der Waals surface area contributed by atoms with Gasteiger partial charge in [-0.05, 0) is 43.3 Å². The van der Waals surface area contributed by atoms with Crippen molar-refractivity contribution in [3.63, 3.8) is 0 Å². The Morgan fingerprint density at radius 3 is 2.46 bits per heavy atom. The first-order chi connectivity index (χ1) is 13.5. The summed E-state index contributed by atoms with van der Waals surface area (Å²) >= 11 is 6.09. The van der Waals surface area contributed by atoms with E-state index >= 15 is 0 Å². The summed E-state index contributed by atoms with van der Waals surface area (Å²) in [7, 11) is 3.90. The molecule has 0 unspecified atom stereocenters. The van der Waals surface area contributed by atoms with E-state index in [-0.39, 0.29) is 5.91 Å². The largest absolute Gasteiger partial charge is 0.376 e. The summed E-state index contributed by atoms with van der Waals surface area (Å²) in [6, 6.07) is 16.1. The number of hydrogen-bond acceptors (Lipinski definition) is 4. The summed E-state index contributed by atoms with van der Waals surface area (Å²) in [5.74, 6) is 0.0355. The van der Waals surface area contributed by atoms with Gasteiger partial charge in [-0.3, -0.25) is 9.69 Å². The van der Waals surface area contributed by atoms with Gasteiger partial charge in [0.2, 0.25) is 5.91 Å². The van der Waals surface area contributed by atoms with Crippen molar-refractivity contribution in [3.8, 4) is 0 Å². The predicted octanol–water partition coefficient (Wildman–Crippen LogP) is 3.95. The summed E-state index contributed by atoms with van der Waals surface area (Å²) in [5, 5.41) is 3.63. The molecule has 1 heterocycles. The van der Waals surface area contributed by atoms with Crippen molar-refractivity contribution < 1.29 is 4.79 Å². The van der Waals surface area contributed by atoms with Gasteiger partial charge in [-0.2, -0.15) is 0 Å². The fourth-order valence-corrected chi connectivity index (χ4v) is 3.71. The molecule has 1 amide bonds. The van der Waals surface area contributed by atoms with E-state index in [1.54, 1.807) is 6.07 Å². The van der Waals surface area contributed by atoms with Crippen LogP contribution in [0.2, 0.25) is 5.02 Å². The average molecular weight is 401 g/mol. The Morgan fingerprint density at radius 1 is 1.07 bits per heavy atom. The molecule has 0 radical (unpaired) electrons. The topological polar surface area (TPSA) is 38.8 Å². The minimum Gasteiger partial charge on any atom is -0.376 e. The molecule has 1 N–H and O–H groups in total. The highest BCUT2D eigenvalue weighted by Crippen LogP contribution is 2.28. The van der Waals surface area contributed by atoms with Crippen LogP contribution in [-0.4, -0.2) is 57.6 Å². The monoisotopic (exact) mass is 400 g/mol. The summed E-state index contributed by atoms with van der Waals surface area (Å²) in [4.78, 5) is 19.2. The van der Waals surface area contributed by atoms with Gasteiger partial charge in [-0.1, -0.05) is 29.8 Å². The molecule has 0 spiro atoms. The normalized spacial score (nSPS) is 14.8. The van der Waals surface area contributed by atoms with Gasteiger partial charge < -0.3 is 15.1 Å². The molecule has 2 aromatic rings. The Labute approximate surface area is 172 Å². The van der Waals surface area contributed by atoms with Crippen LogP contribution in [0.15, 0.2) is 48.5 Å². The van der Waals surface area contributed by atoms with Gasteiger partial charge in [0.1, 0.15) is 0 Å². The van der Waals surface area contributed by atoms with Crippen LogP contribution >= 0.6 is 11.6 Å². The Balaban J connectivity index is 1.41. The summed E-state index contributed by atoms with van der Waals surface area (Å²) in [6.45, 7) is 5.09. The number of nitrogens with one attached hydrogen (secondary N) is 1. The lowest BCUT2D eigenvalue weighted by Gasteiger charge is -2.36. The smallest absolute Gasteiger partial charge is 0.224 e. The number of halogens is 1. The van der Waals surface area contributed by atoms with Gasteiger partial charge in [-0.25, -0.2) is 0 Å². The molecule has 0 aromatic heterocycles. The van der Waals surface area contributed by atoms with Crippen LogP contribution in [0.5, 0.6) is 0 Å². The minimum atomic E-state index is 0.0355. The predicted molar refractivity (Wildman–Crippen MR) is 119 cm³/mol. The lowest BCUT2D eigenvalue weighted by molar-refractivity contribution is -0.116. The maximum atomic E-state index is 12.4. The highest BCUT2D eigenvalue weighted by atomic mass is 35.5. The van der Waals surface area contributed by atoms with Crippen LogP contribution in [0.3, 0.4) is 0 Å². The molecule has 1 saturated heterocycles. The average Bonchev–Trinajstić information content (AvgIpc) is 2.69. The third kappa shape index (κ3) is 5.63. The zero-order valence-electron chi connectivity index (χ0n) is 16.7. The molecule has 6 heteroatoms. The van der Waals surface area contributed by atoms with E-state index in [0.29, 0.717) is 11.4 Å². The third-order valence-electron chi connectivity index (χ3n) is 5.09. The molecule has 0 saturated carbocycles. The number of para-hydroxylation sites is 1. The first-order valence-corrected chi connectivity index (χ1v) is 10.2. The van der Waals surface area contributed by atoms with Crippen LogP contribution in [0, 0.1) is 0 Å². The molecule has 0 bridgehead atoms. The van der Waals surface area contributed by atoms with Gasteiger partial charge in [-0.15, -0.1) is 0 Å². The van der Waals surface area contributed by atoms with E-state index in [1.807, 2.05) is 31.1 Å². The number of carbonyl (C=O) groups excluding carboxylic acids is 1. The molecular formula is C22H29ClN4O. The quantitative estimate of drug-likeness (QED) is 0.763. The van der Waals surface area contributed by atoms with Crippen LogP contribution in [0.1, 0.15) is 12.8 Å². The van der Waals surface area contributed by atoms with Crippen LogP contribution in [-0.2, 0) is 4.79 Å². The molecule has 1 fully saturated rings. The molecule has 1 aliphatic rings. The molecule has 1 aliphatic heterocycles. The molecule has 28 heavy (non-hydrogen) atoms. The molecule has 0 aliphatic carbocycles. The first kappa shape index (κ1) is 20.5. The maximum absolute atomic E-state index is 12.4. The molecule has 3 rings (SSSR count). The second-order valence-corrected chi connectivity index (χ2v) is 7.81. The number of piperazine rings is 1. The number of hydrogen-bond donors (Lipinski definition) is 1. The lowest BCUT2D eigenvalue weighted by Crippen LogP contribution is -2.46. The number of nitrogens with zero attached hydrogens (tertiary/aromatic N) is 3. The number of rotatable bonds is 7. The van der Waals surface area contributed by atoms with Crippen LogP contribution in [0.4, 0.5) is 17.1 Å². The van der Waals surface area contributed by atoms with Crippen molar-refractivity contribution >= 4 is 34.6 Å². The van der Waals surface area contributed by atoms with Gasteiger partial charge in [0.25, 0.3) is 0 Å². The van der Waals surface area contributed by atoms with Crippen molar-refractivity contribution in [1.82, 2.24) is 4.90 Å². The van der Waals surface area contributed by atoms with E-state index < -0.39 is 0 Å². The number of anilines is 3. The van der Waals surface area contributed by atoms with Crippen molar-refractivity contribution in [1.29, 1.82) is 0 Å². The van der Waals surface area contributed by atoms with E-state index in [2.05, 4.69) is 45.4 Å². The fraction of sp³-hybridized carbons (Fsp3) is 0.409. The Morgan fingerprint density at radius 2 is 1.79 bits per heavy atom. The Kier molecular flexibility index (Phi) is 7.18. The number of benzene rings is 2. The Bertz CT molecular complexity index is 773. The first-order valence-electron chi connectivity index (χ1n) is 9.82. The second kappa shape index (κ2) is 9.80. The number of amides is 1. The SMILES string of the molecule is CN(C)c1ccc(Cl)cc1NC(=O)CCCN1CCN(c2ccccc2)CC1. The van der Waals surface area contributed by atoms with Crippen LogP contribution in [0.25, 0.3) is 0 Å². The Hall–Kier alpha value is -2.24. The zero-order chi connectivity index (χ0) is 19.9. The fourth-order valence-electron chi connectivity index (χ4n) is 3.54. The molecule has 0 atom stereocenters. The van der Waals surface area contributed by atoms with E-state index in [9.17, 15) is 4.79 Å². The molecule has 5 nitrogen and oxygen atoms in total. The summed E-state index contributed by atoms with van der Waals surface area (Å²) in [6.07, 6.45) is 1.37. The zero-order valence-corrected chi connectivity index (χ0v) is 17.5. The van der Waals surface area contributed by atoms with Crippen LogP contribution < -0.4 is 15.1 Å². The second-order valence-electron chi connectivity index (χ2n) is 7.37. The van der Waals surface area contributed by atoms with Gasteiger partial charge >= 0.3 is 0 Å². The maximum Gasteiger partial charge on any atom is 0.224 e. The van der Waals surface area contributed by atoms with Gasteiger partial charge in [0.05, 0.1) is 11.4 Å². The summed E-state index contributed by atoms with van der Waals surface area (Å²) < 4.78 is 0. The van der Waals surface area contributed by atoms with Crippen molar-refractivity contribution in [2.45, 2.75) is 12.8 Å². The van der Waals surface area contributed by atoms with E-state index in [1.165, 1.54) is 5.69 Å². The van der Waals surface area contributed by atoms with E-state index in [0.717, 1.165) is 50.5 Å². The van der Waals surface area contributed by atoms with Crippen molar-refractivity contribution in [2.75, 3.05) is 61.9 Å². The summed E-state index contributed by atoms with van der Waals surface area (Å²) in [5.41, 5.74) is 3.01. The molecule has 150 valence electrons. The molecular weight excluding hydrogens is 372 g/mol. The number of carbonyl (C=O) groups is 1. The molecule has 2 aromatic carbocycles. The van der Waals surface area contributed by atoms with Crippen molar-refractivity contribution in [3.05, 3.63) is 53.6 Å².